The molecule has 170 valence electrons. The first-order valence-corrected chi connectivity index (χ1v) is 11.5. The number of nitrogens with zero attached hydrogens (tertiary/aromatic N) is 4. The number of H-pyrrole nitrogens is 1. The SMILES string of the molecule is O=S(=O)(N1Cc2ncccc2N(Cc2cnc[nH]2)[C@@H](CCc2ccccc2)C1)C(F)(F)F. The largest absolute Gasteiger partial charge is 0.511 e. The zero-order valence-corrected chi connectivity index (χ0v) is 17.9. The zero-order chi connectivity index (χ0) is 22.8. The van der Waals surface area contributed by atoms with Crippen molar-refractivity contribution in [3.05, 3.63) is 78.1 Å². The molecule has 1 atom stereocenters. The van der Waals surface area contributed by atoms with Crippen LogP contribution in [0.25, 0.3) is 0 Å². The van der Waals surface area contributed by atoms with Gasteiger partial charge in [-0.3, -0.25) is 4.98 Å². The molecule has 1 aliphatic heterocycles. The summed E-state index contributed by atoms with van der Waals surface area (Å²) in [7, 11) is -5.52. The first-order chi connectivity index (χ1) is 15.3. The van der Waals surface area contributed by atoms with Crippen LogP contribution in [-0.2, 0) is 29.5 Å². The van der Waals surface area contributed by atoms with Gasteiger partial charge in [-0.05, 0) is 30.5 Å². The molecule has 0 bridgehead atoms. The molecule has 0 spiro atoms. The van der Waals surface area contributed by atoms with Crippen molar-refractivity contribution in [3.63, 3.8) is 0 Å². The second-order valence-corrected chi connectivity index (χ2v) is 9.52. The van der Waals surface area contributed by atoms with Crippen LogP contribution in [0.4, 0.5) is 18.9 Å². The monoisotopic (exact) mass is 465 g/mol. The molecule has 2 aromatic heterocycles. The van der Waals surface area contributed by atoms with Crippen LogP contribution in [0.2, 0.25) is 0 Å². The highest BCUT2D eigenvalue weighted by molar-refractivity contribution is 7.89. The van der Waals surface area contributed by atoms with Crippen LogP contribution in [0.5, 0.6) is 0 Å². The number of anilines is 1. The fraction of sp³-hybridized carbons (Fsp3) is 0.333. The Kier molecular flexibility index (Phi) is 6.20. The molecule has 4 rings (SSSR count). The predicted molar refractivity (Wildman–Crippen MR) is 113 cm³/mol. The molecular formula is C21H22F3N5O2S. The molecule has 3 aromatic rings. The summed E-state index contributed by atoms with van der Waals surface area (Å²) in [6.45, 7) is -0.420. The quantitative estimate of drug-likeness (QED) is 0.603. The van der Waals surface area contributed by atoms with Crippen molar-refractivity contribution in [1.29, 1.82) is 0 Å². The molecule has 7 nitrogen and oxygen atoms in total. The van der Waals surface area contributed by atoms with Crippen molar-refractivity contribution in [1.82, 2.24) is 19.3 Å². The van der Waals surface area contributed by atoms with E-state index in [2.05, 4.69) is 15.0 Å². The minimum atomic E-state index is -5.52. The number of hydrogen-bond donors (Lipinski definition) is 1. The number of pyridine rings is 1. The standard InChI is InChI=1S/C21H22F3N5O2S/c22-21(23,24)32(30,31)28-13-18(9-8-16-5-2-1-3-6-16)29(12-17-11-25-15-27-17)20-7-4-10-26-19(20)14-28/h1-7,10-11,15,18H,8-9,12-14H2,(H,25,27)/t18-/m0/s1. The van der Waals surface area contributed by atoms with Crippen LogP contribution in [0.1, 0.15) is 23.4 Å². The number of imidazole rings is 1. The van der Waals surface area contributed by atoms with E-state index in [0.717, 1.165) is 11.3 Å². The van der Waals surface area contributed by atoms with E-state index in [-0.39, 0.29) is 12.2 Å². The van der Waals surface area contributed by atoms with Crippen LogP contribution >= 0.6 is 0 Å². The second-order valence-electron chi connectivity index (χ2n) is 7.60. The number of aromatic amines is 1. The summed E-state index contributed by atoms with van der Waals surface area (Å²) in [5.74, 6) is 0. The van der Waals surface area contributed by atoms with Crippen molar-refractivity contribution in [3.8, 4) is 0 Å². The number of nitrogens with one attached hydrogen (secondary N) is 1. The summed E-state index contributed by atoms with van der Waals surface area (Å²) >= 11 is 0. The second kappa shape index (κ2) is 8.91. The highest BCUT2D eigenvalue weighted by Gasteiger charge is 2.51. The summed E-state index contributed by atoms with van der Waals surface area (Å²) in [5.41, 5.74) is -2.71. The van der Waals surface area contributed by atoms with Crippen LogP contribution < -0.4 is 4.90 Å². The topological polar surface area (TPSA) is 82.2 Å². The molecule has 11 heteroatoms. The van der Waals surface area contributed by atoms with E-state index in [1.165, 1.54) is 12.5 Å². The average Bonchev–Trinajstić information content (AvgIpc) is 3.22. The van der Waals surface area contributed by atoms with Gasteiger partial charge in [-0.2, -0.15) is 17.5 Å². The molecule has 0 fully saturated rings. The lowest BCUT2D eigenvalue weighted by atomic mass is 10.0. The summed E-state index contributed by atoms with van der Waals surface area (Å²) in [5, 5.41) is 0. The van der Waals surface area contributed by atoms with Crippen molar-refractivity contribution in [2.75, 3.05) is 11.4 Å². The Labute approximate surface area is 184 Å². The molecule has 0 aliphatic carbocycles. The third-order valence-corrected chi connectivity index (χ3v) is 7.04. The average molecular weight is 466 g/mol. The lowest BCUT2D eigenvalue weighted by molar-refractivity contribution is -0.0492. The van der Waals surface area contributed by atoms with Crippen LogP contribution in [0.3, 0.4) is 0 Å². The van der Waals surface area contributed by atoms with E-state index in [1.807, 2.05) is 35.2 Å². The van der Waals surface area contributed by atoms with Gasteiger partial charge in [-0.15, -0.1) is 0 Å². The smallest absolute Gasteiger partial charge is 0.360 e. The number of alkyl halides is 3. The molecule has 0 saturated heterocycles. The zero-order valence-electron chi connectivity index (χ0n) is 17.0. The van der Waals surface area contributed by atoms with Gasteiger partial charge in [-0.25, -0.2) is 13.4 Å². The van der Waals surface area contributed by atoms with Gasteiger partial charge >= 0.3 is 15.5 Å². The fourth-order valence-corrected chi connectivity index (χ4v) is 4.85. The lowest BCUT2D eigenvalue weighted by Gasteiger charge is -2.33. The van der Waals surface area contributed by atoms with E-state index in [9.17, 15) is 21.6 Å². The molecule has 0 unspecified atom stereocenters. The van der Waals surface area contributed by atoms with Gasteiger partial charge in [0.2, 0.25) is 0 Å². The first kappa shape index (κ1) is 22.3. The summed E-state index contributed by atoms with van der Waals surface area (Å²) < 4.78 is 65.5. The third kappa shape index (κ3) is 4.63. The normalized spacial score (nSPS) is 17.7. The summed E-state index contributed by atoms with van der Waals surface area (Å²) in [6.07, 6.45) is 5.66. The van der Waals surface area contributed by atoms with E-state index in [1.54, 1.807) is 18.3 Å². The number of fused-ring (bicyclic) bond motifs is 1. The molecule has 0 radical (unpaired) electrons. The van der Waals surface area contributed by atoms with Crippen molar-refractivity contribution in [2.45, 2.75) is 37.5 Å². The van der Waals surface area contributed by atoms with Gasteiger partial charge in [0.05, 0.1) is 36.5 Å². The minimum absolute atomic E-state index is 0.280. The third-order valence-electron chi connectivity index (χ3n) is 5.49. The molecule has 32 heavy (non-hydrogen) atoms. The Balaban J connectivity index is 1.73. The first-order valence-electron chi connectivity index (χ1n) is 10.0. The summed E-state index contributed by atoms with van der Waals surface area (Å²) in [6, 6.07) is 12.5. The number of halogens is 3. The van der Waals surface area contributed by atoms with Gasteiger partial charge in [0.25, 0.3) is 0 Å². The Morgan fingerprint density at radius 3 is 2.59 bits per heavy atom. The minimum Gasteiger partial charge on any atom is -0.360 e. The Hall–Kier alpha value is -2.92. The fourth-order valence-electron chi connectivity index (χ4n) is 3.90. The predicted octanol–water partition coefficient (Wildman–Crippen LogP) is 3.48. The number of rotatable bonds is 6. The number of aromatic nitrogens is 3. The number of hydrogen-bond acceptors (Lipinski definition) is 5. The summed E-state index contributed by atoms with van der Waals surface area (Å²) in [4.78, 5) is 13.2. The van der Waals surface area contributed by atoms with Crippen molar-refractivity contribution < 1.29 is 21.6 Å². The lowest BCUT2D eigenvalue weighted by Crippen LogP contribution is -2.47. The van der Waals surface area contributed by atoms with E-state index in [4.69, 9.17) is 0 Å². The van der Waals surface area contributed by atoms with Gasteiger partial charge in [0.1, 0.15) is 0 Å². The molecule has 3 heterocycles. The van der Waals surface area contributed by atoms with Gasteiger partial charge in [0.15, 0.2) is 0 Å². The van der Waals surface area contributed by atoms with E-state index in [0.29, 0.717) is 29.4 Å². The van der Waals surface area contributed by atoms with Crippen molar-refractivity contribution in [2.24, 2.45) is 0 Å². The van der Waals surface area contributed by atoms with Gasteiger partial charge in [-0.1, -0.05) is 30.3 Å². The molecule has 0 saturated carbocycles. The highest BCUT2D eigenvalue weighted by atomic mass is 32.2. The van der Waals surface area contributed by atoms with Crippen LogP contribution in [-0.4, -0.2) is 45.8 Å². The Bertz CT molecular complexity index is 1140. The Morgan fingerprint density at radius 1 is 1.12 bits per heavy atom. The molecule has 1 aliphatic rings. The number of sulfonamides is 1. The van der Waals surface area contributed by atoms with Gasteiger partial charge in [0, 0.05) is 25.0 Å². The van der Waals surface area contributed by atoms with Crippen LogP contribution in [0, 0.1) is 0 Å². The maximum Gasteiger partial charge on any atom is 0.511 e. The maximum atomic E-state index is 13.4. The Morgan fingerprint density at radius 2 is 1.91 bits per heavy atom. The highest BCUT2D eigenvalue weighted by Crippen LogP contribution is 2.34. The maximum absolute atomic E-state index is 13.4. The molecule has 1 N–H and O–H groups in total. The number of benzene rings is 1. The van der Waals surface area contributed by atoms with Crippen molar-refractivity contribution >= 4 is 15.7 Å². The molecular weight excluding hydrogens is 443 g/mol. The van der Waals surface area contributed by atoms with E-state index < -0.39 is 28.1 Å². The number of aryl methyl sites for hydroxylation is 1. The van der Waals surface area contributed by atoms with E-state index >= 15 is 0 Å². The molecule has 0 amide bonds. The molecule has 1 aromatic carbocycles. The van der Waals surface area contributed by atoms with Crippen LogP contribution in [0.15, 0.2) is 61.2 Å². The van der Waals surface area contributed by atoms with Gasteiger partial charge < -0.3 is 9.88 Å².